The summed E-state index contributed by atoms with van der Waals surface area (Å²) in [5, 5.41) is 8.80. The molecule has 1 fully saturated rings. The highest BCUT2D eigenvalue weighted by Crippen LogP contribution is 2.28. The molecule has 70 valence electrons. The van der Waals surface area contributed by atoms with E-state index in [1.54, 1.807) is 0 Å². The molecule has 12 heavy (non-hydrogen) atoms. The number of hydrogen-bond acceptors (Lipinski definition) is 2. The fourth-order valence-corrected chi connectivity index (χ4v) is 1.59. The fraction of sp³-hybridized carbons (Fsp3) is 0.889. The van der Waals surface area contributed by atoms with Gasteiger partial charge in [-0.15, -0.1) is 0 Å². The van der Waals surface area contributed by atoms with Crippen molar-refractivity contribution in [2.45, 2.75) is 32.2 Å². The van der Waals surface area contributed by atoms with Gasteiger partial charge in [-0.05, 0) is 33.7 Å². The highest BCUT2D eigenvalue weighted by molar-refractivity contribution is 5.70. The van der Waals surface area contributed by atoms with Crippen LogP contribution >= 0.6 is 0 Å². The lowest BCUT2D eigenvalue weighted by atomic mass is 9.85. The van der Waals surface area contributed by atoms with Gasteiger partial charge in [-0.25, -0.2) is 0 Å². The Morgan fingerprint density at radius 2 is 2.17 bits per heavy atom. The first kappa shape index (κ1) is 9.52. The van der Waals surface area contributed by atoms with Crippen LogP contribution in [0.25, 0.3) is 0 Å². The average molecular weight is 171 g/mol. The molecule has 1 aliphatic heterocycles. The molecule has 0 radical (unpaired) electrons. The average Bonchev–Trinajstić information content (AvgIpc) is 1.94. The van der Waals surface area contributed by atoms with E-state index in [4.69, 9.17) is 5.11 Å². The number of piperidine rings is 1. The summed E-state index contributed by atoms with van der Waals surface area (Å²) in [5.41, 5.74) is 0.173. The number of likely N-dealkylation sites (tertiary alicyclic amines) is 1. The minimum atomic E-state index is -0.655. The van der Waals surface area contributed by atoms with Gasteiger partial charge in [0, 0.05) is 12.1 Å². The van der Waals surface area contributed by atoms with Crippen molar-refractivity contribution < 1.29 is 9.90 Å². The van der Waals surface area contributed by atoms with Crippen molar-refractivity contribution in [3.63, 3.8) is 0 Å². The second kappa shape index (κ2) is 3.05. The lowest BCUT2D eigenvalue weighted by molar-refractivity contribution is -0.144. The Morgan fingerprint density at radius 1 is 1.58 bits per heavy atom. The summed E-state index contributed by atoms with van der Waals surface area (Å²) in [6, 6.07) is 0. The van der Waals surface area contributed by atoms with E-state index in [9.17, 15) is 4.79 Å². The van der Waals surface area contributed by atoms with Crippen LogP contribution in [0.3, 0.4) is 0 Å². The number of carbonyl (C=O) groups is 1. The third kappa shape index (κ3) is 1.78. The summed E-state index contributed by atoms with van der Waals surface area (Å²) in [5.74, 6) is -0.819. The standard InChI is InChI=1S/C9H17NO2/c1-9(2)5-4-7(8(11)12)6-10(9)3/h7H,4-6H2,1-3H3,(H,11,12). The van der Waals surface area contributed by atoms with Crippen molar-refractivity contribution in [1.82, 2.24) is 4.90 Å². The maximum Gasteiger partial charge on any atom is 0.307 e. The summed E-state index contributed by atoms with van der Waals surface area (Å²) in [4.78, 5) is 12.8. The van der Waals surface area contributed by atoms with Gasteiger partial charge in [0.1, 0.15) is 0 Å². The zero-order valence-electron chi connectivity index (χ0n) is 8.00. The van der Waals surface area contributed by atoms with E-state index in [0.717, 1.165) is 12.8 Å². The van der Waals surface area contributed by atoms with E-state index in [2.05, 4.69) is 18.7 Å². The fourth-order valence-electron chi connectivity index (χ4n) is 1.59. The van der Waals surface area contributed by atoms with Crippen molar-refractivity contribution in [3.05, 3.63) is 0 Å². The number of carboxylic acid groups (broad SMARTS) is 1. The molecule has 1 unspecified atom stereocenters. The minimum Gasteiger partial charge on any atom is -0.481 e. The smallest absolute Gasteiger partial charge is 0.307 e. The number of hydrogen-bond donors (Lipinski definition) is 1. The van der Waals surface area contributed by atoms with Crippen LogP contribution in [0.2, 0.25) is 0 Å². The van der Waals surface area contributed by atoms with Crippen LogP contribution in [0.5, 0.6) is 0 Å². The first-order valence-electron chi connectivity index (χ1n) is 4.37. The van der Waals surface area contributed by atoms with Crippen molar-refractivity contribution in [3.8, 4) is 0 Å². The normalized spacial score (nSPS) is 30.1. The third-order valence-electron chi connectivity index (χ3n) is 2.98. The predicted molar refractivity (Wildman–Crippen MR) is 47.1 cm³/mol. The summed E-state index contributed by atoms with van der Waals surface area (Å²) in [6.45, 7) is 5.00. The van der Waals surface area contributed by atoms with Gasteiger partial charge in [-0.2, -0.15) is 0 Å². The van der Waals surface area contributed by atoms with Gasteiger partial charge < -0.3 is 10.0 Å². The molecule has 0 aromatic heterocycles. The van der Waals surface area contributed by atoms with Crippen LogP contribution in [0.15, 0.2) is 0 Å². The van der Waals surface area contributed by atoms with Gasteiger partial charge in [-0.1, -0.05) is 0 Å². The van der Waals surface area contributed by atoms with Crippen LogP contribution in [0.4, 0.5) is 0 Å². The molecule has 1 heterocycles. The maximum absolute atomic E-state index is 10.7. The van der Waals surface area contributed by atoms with Gasteiger partial charge >= 0.3 is 5.97 Å². The van der Waals surface area contributed by atoms with Crippen LogP contribution < -0.4 is 0 Å². The molecule has 3 heteroatoms. The molecule has 0 bridgehead atoms. The predicted octanol–water partition coefficient (Wildman–Crippen LogP) is 1.19. The summed E-state index contributed by atoms with van der Waals surface area (Å²) >= 11 is 0. The Labute approximate surface area is 73.4 Å². The summed E-state index contributed by atoms with van der Waals surface area (Å²) < 4.78 is 0. The molecule has 1 atom stereocenters. The topological polar surface area (TPSA) is 40.5 Å². The van der Waals surface area contributed by atoms with Crippen LogP contribution in [-0.4, -0.2) is 35.1 Å². The molecule has 0 aliphatic carbocycles. The van der Waals surface area contributed by atoms with Crippen LogP contribution in [0.1, 0.15) is 26.7 Å². The molecule has 1 rings (SSSR count). The SMILES string of the molecule is CN1CC(C(=O)O)CCC1(C)C. The Kier molecular flexibility index (Phi) is 2.42. The molecule has 1 aliphatic rings. The number of nitrogens with zero attached hydrogens (tertiary/aromatic N) is 1. The third-order valence-corrected chi connectivity index (χ3v) is 2.98. The molecule has 0 amide bonds. The van der Waals surface area contributed by atoms with Crippen LogP contribution in [-0.2, 0) is 4.79 Å². The monoisotopic (exact) mass is 171 g/mol. The van der Waals surface area contributed by atoms with E-state index in [-0.39, 0.29) is 11.5 Å². The quantitative estimate of drug-likeness (QED) is 0.644. The van der Waals surface area contributed by atoms with Crippen molar-refractivity contribution in [1.29, 1.82) is 0 Å². The van der Waals surface area contributed by atoms with Crippen molar-refractivity contribution in [2.24, 2.45) is 5.92 Å². The molecular weight excluding hydrogens is 154 g/mol. The van der Waals surface area contributed by atoms with Gasteiger partial charge in [0.25, 0.3) is 0 Å². The molecule has 0 aromatic carbocycles. The first-order chi connectivity index (χ1) is 5.43. The van der Waals surface area contributed by atoms with Crippen molar-refractivity contribution >= 4 is 5.97 Å². The van der Waals surface area contributed by atoms with Gasteiger partial charge in [0.2, 0.25) is 0 Å². The van der Waals surface area contributed by atoms with E-state index in [0.29, 0.717) is 6.54 Å². The number of carboxylic acids is 1. The maximum atomic E-state index is 10.7. The highest BCUT2D eigenvalue weighted by Gasteiger charge is 2.34. The van der Waals surface area contributed by atoms with Gasteiger partial charge in [0.05, 0.1) is 5.92 Å². The molecule has 3 nitrogen and oxygen atoms in total. The Hall–Kier alpha value is -0.570. The molecule has 0 saturated carbocycles. The zero-order valence-corrected chi connectivity index (χ0v) is 8.00. The number of rotatable bonds is 1. The second-order valence-electron chi connectivity index (χ2n) is 4.27. The van der Waals surface area contributed by atoms with E-state index < -0.39 is 5.97 Å². The van der Waals surface area contributed by atoms with E-state index in [1.807, 2.05) is 7.05 Å². The first-order valence-corrected chi connectivity index (χ1v) is 4.37. The Balaban J connectivity index is 2.58. The van der Waals surface area contributed by atoms with E-state index in [1.165, 1.54) is 0 Å². The Morgan fingerprint density at radius 3 is 2.58 bits per heavy atom. The summed E-state index contributed by atoms with van der Waals surface area (Å²) in [6.07, 6.45) is 1.78. The lowest BCUT2D eigenvalue weighted by Gasteiger charge is -2.42. The lowest BCUT2D eigenvalue weighted by Crippen LogP contribution is -2.49. The van der Waals surface area contributed by atoms with Gasteiger partial charge in [0.15, 0.2) is 0 Å². The highest BCUT2D eigenvalue weighted by atomic mass is 16.4. The molecule has 1 N–H and O–H groups in total. The Bertz CT molecular complexity index is 189. The largest absolute Gasteiger partial charge is 0.481 e. The van der Waals surface area contributed by atoms with Crippen molar-refractivity contribution in [2.75, 3.05) is 13.6 Å². The van der Waals surface area contributed by atoms with Crippen LogP contribution in [0, 0.1) is 5.92 Å². The molecule has 0 spiro atoms. The second-order valence-corrected chi connectivity index (χ2v) is 4.27. The zero-order chi connectivity index (χ0) is 9.35. The minimum absolute atomic E-state index is 0.164. The number of aliphatic carboxylic acids is 1. The van der Waals surface area contributed by atoms with Gasteiger partial charge in [-0.3, -0.25) is 4.79 Å². The molecule has 0 aromatic rings. The summed E-state index contributed by atoms with van der Waals surface area (Å²) in [7, 11) is 2.00. The van der Waals surface area contributed by atoms with E-state index >= 15 is 0 Å². The molecule has 1 saturated heterocycles. The molecular formula is C9H17NO2.